The smallest absolute Gasteiger partial charge is 0.139 e. The van der Waals surface area contributed by atoms with E-state index in [0.717, 1.165) is 16.9 Å². The van der Waals surface area contributed by atoms with Gasteiger partial charge in [0.1, 0.15) is 5.65 Å². The predicted molar refractivity (Wildman–Crippen MR) is 50.7 cm³/mol. The average Bonchev–Trinajstić information content (AvgIpc) is 2.49. The molecule has 0 aliphatic heterocycles. The van der Waals surface area contributed by atoms with E-state index in [9.17, 15) is 0 Å². The van der Waals surface area contributed by atoms with Crippen LogP contribution in [0.4, 0.5) is 0 Å². The number of imidazole rings is 1. The second kappa shape index (κ2) is 3.18. The van der Waals surface area contributed by atoms with Gasteiger partial charge in [0.2, 0.25) is 0 Å². The van der Waals surface area contributed by atoms with Crippen LogP contribution in [0, 0.1) is 6.92 Å². The summed E-state index contributed by atoms with van der Waals surface area (Å²) in [5, 5.41) is 8.76. The third-order valence-electron chi connectivity index (χ3n) is 2.10. The second-order valence-electron chi connectivity index (χ2n) is 3.13. The Balaban J connectivity index is 2.55. The molecule has 0 aliphatic carbocycles. The summed E-state index contributed by atoms with van der Waals surface area (Å²) < 4.78 is 1.99. The topological polar surface area (TPSA) is 37.5 Å². The van der Waals surface area contributed by atoms with Gasteiger partial charge in [0, 0.05) is 25.4 Å². The fourth-order valence-corrected chi connectivity index (χ4v) is 1.44. The molecule has 3 heteroatoms. The maximum absolute atomic E-state index is 8.76. The summed E-state index contributed by atoms with van der Waals surface area (Å²) in [6, 6.07) is 4.03. The molecule has 0 saturated heterocycles. The van der Waals surface area contributed by atoms with Crippen molar-refractivity contribution in [3.8, 4) is 0 Å². The van der Waals surface area contributed by atoms with Gasteiger partial charge in [-0.1, -0.05) is 6.07 Å². The van der Waals surface area contributed by atoms with Crippen molar-refractivity contribution in [2.75, 3.05) is 6.61 Å². The molecule has 2 heterocycles. The van der Waals surface area contributed by atoms with Gasteiger partial charge in [0.15, 0.2) is 0 Å². The molecule has 2 aromatic rings. The lowest BCUT2D eigenvalue weighted by molar-refractivity contribution is 0.298. The van der Waals surface area contributed by atoms with E-state index in [2.05, 4.69) is 4.98 Å². The highest BCUT2D eigenvalue weighted by atomic mass is 16.3. The van der Waals surface area contributed by atoms with Crippen LogP contribution in [0.3, 0.4) is 0 Å². The van der Waals surface area contributed by atoms with E-state index in [1.807, 2.05) is 35.9 Å². The Morgan fingerprint density at radius 3 is 3.08 bits per heavy atom. The highest BCUT2D eigenvalue weighted by molar-refractivity contribution is 5.47. The summed E-state index contributed by atoms with van der Waals surface area (Å²) in [6.45, 7) is 2.19. The number of hydrogen-bond donors (Lipinski definition) is 1. The van der Waals surface area contributed by atoms with Gasteiger partial charge in [-0.15, -0.1) is 0 Å². The van der Waals surface area contributed by atoms with E-state index in [0.29, 0.717) is 6.42 Å². The van der Waals surface area contributed by atoms with Gasteiger partial charge in [0.25, 0.3) is 0 Å². The van der Waals surface area contributed by atoms with Crippen molar-refractivity contribution in [2.24, 2.45) is 0 Å². The number of nitrogens with zero attached hydrogens (tertiary/aromatic N) is 2. The van der Waals surface area contributed by atoms with Crippen LogP contribution in [0.15, 0.2) is 24.5 Å². The Labute approximate surface area is 76.7 Å². The minimum Gasteiger partial charge on any atom is -0.396 e. The van der Waals surface area contributed by atoms with Crippen molar-refractivity contribution >= 4 is 5.65 Å². The molecule has 68 valence electrons. The van der Waals surface area contributed by atoms with Crippen molar-refractivity contribution in [2.45, 2.75) is 13.3 Å². The summed E-state index contributed by atoms with van der Waals surface area (Å²) in [4.78, 5) is 4.40. The maximum Gasteiger partial charge on any atom is 0.139 e. The Hall–Kier alpha value is -1.35. The molecule has 2 aromatic heterocycles. The number of aryl methyl sites for hydroxylation is 1. The molecule has 3 nitrogen and oxygen atoms in total. The molecule has 0 aliphatic rings. The molecule has 2 rings (SSSR count). The largest absolute Gasteiger partial charge is 0.396 e. The number of rotatable bonds is 2. The van der Waals surface area contributed by atoms with Crippen molar-refractivity contribution in [1.82, 2.24) is 9.38 Å². The normalized spacial score (nSPS) is 10.9. The number of aliphatic hydroxyl groups excluding tert-OH is 1. The van der Waals surface area contributed by atoms with Gasteiger partial charge < -0.3 is 9.51 Å². The fraction of sp³-hybridized carbons (Fsp3) is 0.300. The monoisotopic (exact) mass is 176 g/mol. The summed E-state index contributed by atoms with van der Waals surface area (Å²) in [5.74, 6) is 0. The molecule has 0 amide bonds. The van der Waals surface area contributed by atoms with E-state index in [-0.39, 0.29) is 6.61 Å². The fourth-order valence-electron chi connectivity index (χ4n) is 1.44. The maximum atomic E-state index is 8.76. The number of hydrogen-bond acceptors (Lipinski definition) is 2. The molecular formula is C10H12N2O. The third-order valence-corrected chi connectivity index (χ3v) is 2.10. The third kappa shape index (κ3) is 1.42. The zero-order valence-corrected chi connectivity index (χ0v) is 7.57. The molecule has 0 radical (unpaired) electrons. The van der Waals surface area contributed by atoms with Gasteiger partial charge in [-0.3, -0.25) is 0 Å². The van der Waals surface area contributed by atoms with E-state index in [1.165, 1.54) is 0 Å². The predicted octanol–water partition coefficient (Wildman–Crippen LogP) is 1.18. The minimum atomic E-state index is 0.156. The van der Waals surface area contributed by atoms with E-state index in [1.54, 1.807) is 0 Å². The summed E-state index contributed by atoms with van der Waals surface area (Å²) in [6.07, 6.45) is 4.55. The first-order valence-electron chi connectivity index (χ1n) is 4.35. The zero-order chi connectivity index (χ0) is 9.26. The first-order valence-corrected chi connectivity index (χ1v) is 4.35. The lowest BCUT2D eigenvalue weighted by atomic mass is 10.3. The highest BCUT2D eigenvalue weighted by Gasteiger charge is 2.01. The van der Waals surface area contributed by atoms with Crippen LogP contribution in [0.25, 0.3) is 5.65 Å². The van der Waals surface area contributed by atoms with Crippen molar-refractivity contribution in [3.63, 3.8) is 0 Å². The molecule has 0 aromatic carbocycles. The van der Waals surface area contributed by atoms with Crippen LogP contribution in [0.1, 0.15) is 11.3 Å². The molecule has 0 unspecified atom stereocenters. The molecule has 1 N–H and O–H groups in total. The molecule has 0 spiro atoms. The zero-order valence-electron chi connectivity index (χ0n) is 7.57. The van der Waals surface area contributed by atoms with E-state index < -0.39 is 0 Å². The van der Waals surface area contributed by atoms with Crippen molar-refractivity contribution < 1.29 is 5.11 Å². The van der Waals surface area contributed by atoms with Crippen molar-refractivity contribution in [3.05, 3.63) is 35.8 Å². The molecule has 0 atom stereocenters. The standard InChI is InChI=1S/C10H12N2O/c1-8-3-2-5-12-7-9(4-6-13)11-10(8)12/h2-3,5,7,13H,4,6H2,1H3. The second-order valence-corrected chi connectivity index (χ2v) is 3.13. The van der Waals surface area contributed by atoms with Gasteiger partial charge in [-0.05, 0) is 18.6 Å². The Kier molecular flexibility index (Phi) is 2.02. The van der Waals surface area contributed by atoms with Crippen LogP contribution in [-0.4, -0.2) is 21.1 Å². The minimum absolute atomic E-state index is 0.156. The summed E-state index contributed by atoms with van der Waals surface area (Å²) >= 11 is 0. The van der Waals surface area contributed by atoms with Crippen LogP contribution in [0.2, 0.25) is 0 Å². The highest BCUT2D eigenvalue weighted by Crippen LogP contribution is 2.09. The Bertz CT molecular complexity index is 420. The van der Waals surface area contributed by atoms with Gasteiger partial charge in [-0.2, -0.15) is 0 Å². The van der Waals surface area contributed by atoms with Crippen LogP contribution in [0.5, 0.6) is 0 Å². The Morgan fingerprint density at radius 1 is 1.54 bits per heavy atom. The average molecular weight is 176 g/mol. The van der Waals surface area contributed by atoms with Gasteiger partial charge in [-0.25, -0.2) is 4.98 Å². The van der Waals surface area contributed by atoms with E-state index in [4.69, 9.17) is 5.11 Å². The quantitative estimate of drug-likeness (QED) is 0.746. The van der Waals surface area contributed by atoms with Crippen molar-refractivity contribution in [1.29, 1.82) is 0 Å². The van der Waals surface area contributed by atoms with Gasteiger partial charge >= 0.3 is 0 Å². The lowest BCUT2D eigenvalue weighted by Crippen LogP contribution is -1.89. The molecule has 13 heavy (non-hydrogen) atoms. The summed E-state index contributed by atoms with van der Waals surface area (Å²) in [7, 11) is 0. The lowest BCUT2D eigenvalue weighted by Gasteiger charge is -1.93. The van der Waals surface area contributed by atoms with E-state index >= 15 is 0 Å². The summed E-state index contributed by atoms with van der Waals surface area (Å²) in [5.41, 5.74) is 3.08. The van der Waals surface area contributed by atoms with Crippen LogP contribution >= 0.6 is 0 Å². The Morgan fingerprint density at radius 2 is 2.38 bits per heavy atom. The molecule has 0 fully saturated rings. The number of pyridine rings is 1. The molecular weight excluding hydrogens is 164 g/mol. The first kappa shape index (κ1) is 8.26. The van der Waals surface area contributed by atoms with Crippen LogP contribution in [-0.2, 0) is 6.42 Å². The number of aliphatic hydroxyl groups is 1. The molecule has 0 bridgehead atoms. The van der Waals surface area contributed by atoms with Gasteiger partial charge in [0.05, 0.1) is 5.69 Å². The SMILES string of the molecule is Cc1cccn2cc(CCO)nc12. The molecule has 0 saturated carbocycles. The van der Waals surface area contributed by atoms with Crippen LogP contribution < -0.4 is 0 Å². The number of aromatic nitrogens is 2. The first-order chi connectivity index (χ1) is 6.31. The number of fused-ring (bicyclic) bond motifs is 1.